The average molecular weight is 238 g/mol. The number of aromatic nitrogens is 3. The summed E-state index contributed by atoms with van der Waals surface area (Å²) in [5.74, 6) is -0.427. The lowest BCUT2D eigenvalue weighted by atomic mass is 10.1. The van der Waals surface area contributed by atoms with Crippen LogP contribution >= 0.6 is 0 Å². The zero-order valence-electron chi connectivity index (χ0n) is 9.45. The summed E-state index contributed by atoms with van der Waals surface area (Å²) in [5, 5.41) is 0. The number of hydrogen-bond acceptors (Lipinski definition) is 3. The van der Waals surface area contributed by atoms with Crippen LogP contribution in [0.5, 0.6) is 0 Å². The number of amides is 1. The van der Waals surface area contributed by atoms with Crippen LogP contribution in [0.1, 0.15) is 10.4 Å². The Morgan fingerprint density at radius 1 is 1.17 bits per heavy atom. The molecule has 0 aliphatic heterocycles. The second kappa shape index (κ2) is 3.96. The lowest BCUT2D eigenvalue weighted by Crippen LogP contribution is -2.10. The molecule has 88 valence electrons. The van der Waals surface area contributed by atoms with Gasteiger partial charge in [-0.15, -0.1) is 0 Å². The van der Waals surface area contributed by atoms with Gasteiger partial charge in [-0.1, -0.05) is 12.1 Å². The van der Waals surface area contributed by atoms with Gasteiger partial charge in [-0.2, -0.15) is 0 Å². The summed E-state index contributed by atoms with van der Waals surface area (Å²) >= 11 is 0. The molecule has 0 atom stereocenters. The van der Waals surface area contributed by atoms with Crippen molar-refractivity contribution in [2.24, 2.45) is 5.73 Å². The maximum Gasteiger partial charge on any atom is 0.248 e. The highest BCUT2D eigenvalue weighted by Gasteiger charge is 2.06. The fourth-order valence-electron chi connectivity index (χ4n) is 1.86. The minimum absolute atomic E-state index is 0.427. The Kier molecular flexibility index (Phi) is 2.30. The van der Waals surface area contributed by atoms with Crippen LogP contribution in [-0.4, -0.2) is 20.3 Å². The maximum absolute atomic E-state index is 11.0. The van der Waals surface area contributed by atoms with Crippen molar-refractivity contribution in [2.75, 3.05) is 0 Å². The van der Waals surface area contributed by atoms with Gasteiger partial charge in [0, 0.05) is 23.5 Å². The highest BCUT2D eigenvalue weighted by atomic mass is 16.1. The summed E-state index contributed by atoms with van der Waals surface area (Å²) in [7, 11) is 0. The number of carbonyl (C=O) groups is 1. The standard InChI is InChI=1S/C13H10N4O/c14-13(18)10-3-1-9(2-4-10)11-7-16-12-8-15-5-6-17(11)12/h1-8H,(H2,14,18). The molecule has 0 saturated carbocycles. The fraction of sp³-hybridized carbons (Fsp3) is 0. The molecule has 3 rings (SSSR count). The summed E-state index contributed by atoms with van der Waals surface area (Å²) in [6.07, 6.45) is 7.02. The van der Waals surface area contributed by atoms with Crippen LogP contribution in [-0.2, 0) is 0 Å². The summed E-state index contributed by atoms with van der Waals surface area (Å²) in [5.41, 5.74) is 8.41. The molecular weight excluding hydrogens is 228 g/mol. The van der Waals surface area contributed by atoms with Crippen molar-refractivity contribution in [3.63, 3.8) is 0 Å². The quantitative estimate of drug-likeness (QED) is 0.735. The third-order valence-electron chi connectivity index (χ3n) is 2.78. The van der Waals surface area contributed by atoms with Gasteiger partial charge in [0.2, 0.25) is 5.91 Å². The topological polar surface area (TPSA) is 73.3 Å². The Bertz CT molecular complexity index is 715. The van der Waals surface area contributed by atoms with Gasteiger partial charge in [-0.3, -0.25) is 14.2 Å². The molecule has 0 unspecified atom stereocenters. The van der Waals surface area contributed by atoms with Gasteiger partial charge in [0.05, 0.1) is 18.1 Å². The van der Waals surface area contributed by atoms with Crippen LogP contribution in [0.2, 0.25) is 0 Å². The fourth-order valence-corrected chi connectivity index (χ4v) is 1.86. The van der Waals surface area contributed by atoms with E-state index in [9.17, 15) is 4.79 Å². The van der Waals surface area contributed by atoms with Crippen molar-refractivity contribution in [2.45, 2.75) is 0 Å². The van der Waals surface area contributed by atoms with Crippen molar-refractivity contribution < 1.29 is 4.79 Å². The Morgan fingerprint density at radius 2 is 1.94 bits per heavy atom. The molecule has 5 heteroatoms. The van der Waals surface area contributed by atoms with Gasteiger partial charge in [0.15, 0.2) is 5.65 Å². The number of nitrogens with two attached hydrogens (primary N) is 1. The molecule has 0 aliphatic carbocycles. The van der Waals surface area contributed by atoms with Gasteiger partial charge in [-0.25, -0.2) is 4.98 Å². The van der Waals surface area contributed by atoms with Crippen molar-refractivity contribution >= 4 is 11.6 Å². The van der Waals surface area contributed by atoms with E-state index in [0.717, 1.165) is 16.9 Å². The summed E-state index contributed by atoms with van der Waals surface area (Å²) in [6, 6.07) is 7.12. The molecule has 1 aromatic carbocycles. The van der Waals surface area contributed by atoms with Gasteiger partial charge >= 0.3 is 0 Å². The largest absolute Gasteiger partial charge is 0.366 e. The van der Waals surface area contributed by atoms with Crippen LogP contribution in [0.15, 0.2) is 49.1 Å². The molecule has 0 saturated heterocycles. The molecule has 2 heterocycles. The molecule has 2 N–H and O–H groups in total. The normalized spacial score (nSPS) is 10.7. The lowest BCUT2D eigenvalue weighted by Gasteiger charge is -2.02. The number of hydrogen-bond donors (Lipinski definition) is 1. The van der Waals surface area contributed by atoms with Gasteiger partial charge in [0.25, 0.3) is 0 Å². The minimum Gasteiger partial charge on any atom is -0.366 e. The van der Waals surface area contributed by atoms with Crippen molar-refractivity contribution in [3.8, 4) is 11.3 Å². The van der Waals surface area contributed by atoms with E-state index < -0.39 is 5.91 Å². The third kappa shape index (κ3) is 1.62. The Morgan fingerprint density at radius 3 is 2.67 bits per heavy atom. The predicted octanol–water partition coefficient (Wildman–Crippen LogP) is 1.50. The summed E-state index contributed by atoms with van der Waals surface area (Å²) < 4.78 is 1.94. The number of nitrogens with zero attached hydrogens (tertiary/aromatic N) is 3. The zero-order valence-corrected chi connectivity index (χ0v) is 9.45. The first-order chi connectivity index (χ1) is 8.75. The SMILES string of the molecule is NC(=O)c1ccc(-c2cnc3cnccn23)cc1. The van der Waals surface area contributed by atoms with E-state index >= 15 is 0 Å². The molecule has 0 spiro atoms. The second-order valence-electron chi connectivity index (χ2n) is 3.89. The van der Waals surface area contributed by atoms with E-state index in [4.69, 9.17) is 5.73 Å². The molecular formula is C13H10N4O. The Hall–Kier alpha value is -2.69. The molecule has 18 heavy (non-hydrogen) atoms. The first-order valence-corrected chi connectivity index (χ1v) is 5.43. The van der Waals surface area contributed by atoms with E-state index in [2.05, 4.69) is 9.97 Å². The minimum atomic E-state index is -0.427. The van der Waals surface area contributed by atoms with Crippen LogP contribution in [0.3, 0.4) is 0 Å². The van der Waals surface area contributed by atoms with Crippen molar-refractivity contribution in [1.82, 2.24) is 14.4 Å². The van der Waals surface area contributed by atoms with Gasteiger partial charge < -0.3 is 5.73 Å². The number of rotatable bonds is 2. The third-order valence-corrected chi connectivity index (χ3v) is 2.78. The van der Waals surface area contributed by atoms with Crippen molar-refractivity contribution in [1.29, 1.82) is 0 Å². The average Bonchev–Trinajstić information content (AvgIpc) is 2.82. The highest BCUT2D eigenvalue weighted by Crippen LogP contribution is 2.20. The van der Waals surface area contributed by atoms with Crippen LogP contribution in [0, 0.1) is 0 Å². The van der Waals surface area contributed by atoms with Crippen LogP contribution < -0.4 is 5.73 Å². The van der Waals surface area contributed by atoms with E-state index in [1.807, 2.05) is 22.7 Å². The smallest absolute Gasteiger partial charge is 0.248 e. The molecule has 1 amide bonds. The van der Waals surface area contributed by atoms with E-state index in [1.54, 1.807) is 30.7 Å². The Labute approximate surface area is 103 Å². The first kappa shape index (κ1) is 10.5. The zero-order chi connectivity index (χ0) is 12.5. The summed E-state index contributed by atoms with van der Waals surface area (Å²) in [4.78, 5) is 19.3. The second-order valence-corrected chi connectivity index (χ2v) is 3.89. The monoisotopic (exact) mass is 238 g/mol. The molecule has 5 nitrogen and oxygen atoms in total. The molecule has 0 radical (unpaired) electrons. The van der Waals surface area contributed by atoms with Crippen LogP contribution in [0.4, 0.5) is 0 Å². The number of carbonyl (C=O) groups excluding carboxylic acids is 1. The van der Waals surface area contributed by atoms with Gasteiger partial charge in [0.1, 0.15) is 0 Å². The highest BCUT2D eigenvalue weighted by molar-refractivity contribution is 5.93. The predicted molar refractivity (Wildman–Crippen MR) is 66.9 cm³/mol. The molecule has 0 aliphatic rings. The first-order valence-electron chi connectivity index (χ1n) is 5.43. The summed E-state index contributed by atoms with van der Waals surface area (Å²) in [6.45, 7) is 0. The van der Waals surface area contributed by atoms with E-state index in [0.29, 0.717) is 5.56 Å². The number of primary amides is 1. The maximum atomic E-state index is 11.0. The number of fused-ring (bicyclic) bond motifs is 1. The van der Waals surface area contributed by atoms with Crippen LogP contribution in [0.25, 0.3) is 16.9 Å². The lowest BCUT2D eigenvalue weighted by molar-refractivity contribution is 0.100. The molecule has 0 fully saturated rings. The molecule has 0 bridgehead atoms. The van der Waals surface area contributed by atoms with E-state index in [1.165, 1.54) is 0 Å². The molecule has 3 aromatic rings. The number of imidazole rings is 1. The van der Waals surface area contributed by atoms with Gasteiger partial charge in [-0.05, 0) is 12.1 Å². The Balaban J connectivity index is 2.12. The van der Waals surface area contributed by atoms with Crippen molar-refractivity contribution in [3.05, 3.63) is 54.6 Å². The molecule has 2 aromatic heterocycles. The van der Waals surface area contributed by atoms with E-state index in [-0.39, 0.29) is 0 Å². The number of benzene rings is 1.